The second-order valence-electron chi connectivity index (χ2n) is 5.48. The summed E-state index contributed by atoms with van der Waals surface area (Å²) in [6, 6.07) is 0.632. The predicted molar refractivity (Wildman–Crippen MR) is 67.7 cm³/mol. The van der Waals surface area contributed by atoms with Crippen molar-refractivity contribution in [3.8, 4) is 0 Å². The maximum atomic E-state index is 6.19. The Kier molecular flexibility index (Phi) is 4.66. The fourth-order valence-electron chi connectivity index (χ4n) is 3.38. The molecule has 1 spiro atoms. The van der Waals surface area contributed by atoms with Crippen molar-refractivity contribution >= 4 is 0 Å². The van der Waals surface area contributed by atoms with Gasteiger partial charge in [0.1, 0.15) is 0 Å². The first-order valence-electron chi connectivity index (χ1n) is 7.25. The average molecular weight is 225 g/mol. The SMILES string of the molecule is CCCCCC1NCCOC12CCCCC2. The van der Waals surface area contributed by atoms with Gasteiger partial charge in [-0.25, -0.2) is 0 Å². The highest BCUT2D eigenvalue weighted by Gasteiger charge is 2.42. The third-order valence-corrected chi connectivity index (χ3v) is 4.31. The van der Waals surface area contributed by atoms with Crippen molar-refractivity contribution in [1.29, 1.82) is 0 Å². The molecule has 1 saturated carbocycles. The summed E-state index contributed by atoms with van der Waals surface area (Å²) in [5.74, 6) is 0. The van der Waals surface area contributed by atoms with E-state index in [2.05, 4.69) is 12.2 Å². The van der Waals surface area contributed by atoms with Gasteiger partial charge in [-0.1, -0.05) is 45.4 Å². The molecule has 0 aromatic heterocycles. The first-order valence-corrected chi connectivity index (χ1v) is 7.25. The molecule has 1 heterocycles. The molecule has 0 aromatic rings. The van der Waals surface area contributed by atoms with E-state index in [1.807, 2.05) is 0 Å². The molecule has 2 fully saturated rings. The molecule has 2 nitrogen and oxygen atoms in total. The predicted octanol–water partition coefficient (Wildman–Crippen LogP) is 3.26. The Hall–Kier alpha value is -0.0800. The molecule has 1 aliphatic carbocycles. The summed E-state index contributed by atoms with van der Waals surface area (Å²) in [4.78, 5) is 0. The first kappa shape index (κ1) is 12.4. The lowest BCUT2D eigenvalue weighted by Crippen LogP contribution is -2.58. The van der Waals surface area contributed by atoms with E-state index in [1.165, 1.54) is 57.8 Å². The highest BCUT2D eigenvalue weighted by Crippen LogP contribution is 2.37. The summed E-state index contributed by atoms with van der Waals surface area (Å²) in [6.45, 7) is 4.25. The molecule has 2 aliphatic rings. The van der Waals surface area contributed by atoms with E-state index in [0.29, 0.717) is 6.04 Å². The molecule has 94 valence electrons. The molecule has 16 heavy (non-hydrogen) atoms. The Morgan fingerprint density at radius 1 is 1.19 bits per heavy atom. The summed E-state index contributed by atoms with van der Waals surface area (Å²) in [6.07, 6.45) is 12.1. The molecule has 0 bridgehead atoms. The van der Waals surface area contributed by atoms with E-state index < -0.39 is 0 Å². The Morgan fingerprint density at radius 2 is 2.00 bits per heavy atom. The molecular weight excluding hydrogens is 198 g/mol. The van der Waals surface area contributed by atoms with Crippen LogP contribution in [-0.2, 0) is 4.74 Å². The summed E-state index contributed by atoms with van der Waals surface area (Å²) in [5.41, 5.74) is 0.213. The molecule has 1 unspecified atom stereocenters. The molecular formula is C14H27NO. The molecule has 1 saturated heterocycles. The monoisotopic (exact) mass is 225 g/mol. The number of nitrogens with one attached hydrogen (secondary N) is 1. The number of morpholine rings is 1. The van der Waals surface area contributed by atoms with Gasteiger partial charge in [-0.05, 0) is 19.3 Å². The van der Waals surface area contributed by atoms with Crippen LogP contribution >= 0.6 is 0 Å². The van der Waals surface area contributed by atoms with Crippen LogP contribution in [0.15, 0.2) is 0 Å². The van der Waals surface area contributed by atoms with E-state index in [1.54, 1.807) is 0 Å². The molecule has 1 N–H and O–H groups in total. The summed E-state index contributed by atoms with van der Waals surface area (Å²) in [5, 5.41) is 3.71. The van der Waals surface area contributed by atoms with Gasteiger partial charge in [0.2, 0.25) is 0 Å². The third-order valence-electron chi connectivity index (χ3n) is 4.31. The van der Waals surface area contributed by atoms with E-state index in [0.717, 1.165) is 13.2 Å². The number of ether oxygens (including phenoxy) is 1. The summed E-state index contributed by atoms with van der Waals surface area (Å²) >= 11 is 0. The van der Waals surface area contributed by atoms with E-state index >= 15 is 0 Å². The topological polar surface area (TPSA) is 21.3 Å². The molecule has 1 aliphatic heterocycles. The van der Waals surface area contributed by atoms with E-state index in [4.69, 9.17) is 4.74 Å². The normalized spacial score (nSPS) is 29.4. The maximum absolute atomic E-state index is 6.19. The molecule has 0 radical (unpaired) electrons. The quantitative estimate of drug-likeness (QED) is 0.742. The second kappa shape index (κ2) is 6.02. The highest BCUT2D eigenvalue weighted by atomic mass is 16.5. The van der Waals surface area contributed by atoms with Crippen LogP contribution in [0.1, 0.15) is 64.7 Å². The molecule has 0 amide bonds. The molecule has 1 atom stereocenters. The van der Waals surface area contributed by atoms with Crippen molar-refractivity contribution in [1.82, 2.24) is 5.32 Å². The summed E-state index contributed by atoms with van der Waals surface area (Å²) in [7, 11) is 0. The van der Waals surface area contributed by atoms with Crippen LogP contribution < -0.4 is 5.32 Å². The van der Waals surface area contributed by atoms with Crippen molar-refractivity contribution in [3.05, 3.63) is 0 Å². The highest BCUT2D eigenvalue weighted by molar-refractivity contribution is 4.97. The zero-order valence-electron chi connectivity index (χ0n) is 10.8. The minimum Gasteiger partial charge on any atom is -0.372 e. The first-order chi connectivity index (χ1) is 7.87. The van der Waals surface area contributed by atoms with Crippen molar-refractivity contribution in [2.24, 2.45) is 0 Å². The van der Waals surface area contributed by atoms with Crippen molar-refractivity contribution in [2.75, 3.05) is 13.2 Å². The van der Waals surface area contributed by atoms with Gasteiger partial charge in [0.05, 0.1) is 12.2 Å². The Balaban J connectivity index is 1.90. The lowest BCUT2D eigenvalue weighted by molar-refractivity contribution is -0.119. The smallest absolute Gasteiger partial charge is 0.0835 e. The number of hydrogen-bond acceptors (Lipinski definition) is 2. The largest absolute Gasteiger partial charge is 0.372 e. The van der Waals surface area contributed by atoms with Gasteiger partial charge in [0.25, 0.3) is 0 Å². The third kappa shape index (κ3) is 2.78. The summed E-state index contributed by atoms with van der Waals surface area (Å²) < 4.78 is 6.19. The van der Waals surface area contributed by atoms with Gasteiger partial charge < -0.3 is 10.1 Å². The van der Waals surface area contributed by atoms with E-state index in [9.17, 15) is 0 Å². The van der Waals surface area contributed by atoms with Crippen LogP contribution in [-0.4, -0.2) is 24.8 Å². The van der Waals surface area contributed by atoms with Crippen LogP contribution in [0.2, 0.25) is 0 Å². The minimum atomic E-state index is 0.213. The lowest BCUT2D eigenvalue weighted by Gasteiger charge is -2.47. The van der Waals surface area contributed by atoms with Gasteiger partial charge in [-0.2, -0.15) is 0 Å². The second-order valence-corrected chi connectivity index (χ2v) is 5.48. The fraction of sp³-hybridized carbons (Fsp3) is 1.00. The van der Waals surface area contributed by atoms with Gasteiger partial charge in [-0.3, -0.25) is 0 Å². The fourth-order valence-corrected chi connectivity index (χ4v) is 3.38. The van der Waals surface area contributed by atoms with Crippen LogP contribution in [0.25, 0.3) is 0 Å². The van der Waals surface area contributed by atoms with Crippen LogP contribution in [0.4, 0.5) is 0 Å². The Labute approximate surface area is 100 Å². The van der Waals surface area contributed by atoms with Crippen LogP contribution in [0.3, 0.4) is 0 Å². The zero-order valence-corrected chi connectivity index (χ0v) is 10.8. The van der Waals surface area contributed by atoms with Gasteiger partial charge in [-0.15, -0.1) is 0 Å². The number of rotatable bonds is 4. The standard InChI is InChI=1S/C14H27NO/c1-2-3-5-8-13-14(16-12-11-15-13)9-6-4-7-10-14/h13,15H,2-12H2,1H3. The Morgan fingerprint density at radius 3 is 2.75 bits per heavy atom. The van der Waals surface area contributed by atoms with Crippen molar-refractivity contribution < 1.29 is 4.74 Å². The van der Waals surface area contributed by atoms with Gasteiger partial charge in [0, 0.05) is 12.6 Å². The maximum Gasteiger partial charge on any atom is 0.0835 e. The van der Waals surface area contributed by atoms with Crippen LogP contribution in [0, 0.1) is 0 Å². The zero-order chi connectivity index (χ0) is 11.3. The molecule has 2 heteroatoms. The van der Waals surface area contributed by atoms with Crippen molar-refractivity contribution in [3.63, 3.8) is 0 Å². The molecule has 0 aromatic carbocycles. The van der Waals surface area contributed by atoms with Crippen molar-refractivity contribution in [2.45, 2.75) is 76.4 Å². The minimum absolute atomic E-state index is 0.213. The Bertz CT molecular complexity index is 191. The van der Waals surface area contributed by atoms with Crippen LogP contribution in [0.5, 0.6) is 0 Å². The van der Waals surface area contributed by atoms with Gasteiger partial charge in [0.15, 0.2) is 0 Å². The average Bonchev–Trinajstić information content (AvgIpc) is 2.33. The number of hydrogen-bond donors (Lipinski definition) is 1. The molecule has 2 rings (SSSR count). The lowest BCUT2D eigenvalue weighted by atomic mass is 9.76. The van der Waals surface area contributed by atoms with Gasteiger partial charge >= 0.3 is 0 Å². The number of unbranched alkanes of at least 4 members (excludes halogenated alkanes) is 2. The van der Waals surface area contributed by atoms with E-state index in [-0.39, 0.29) is 5.60 Å².